The molecule has 4 N–H and O–H groups in total. The second-order valence-electron chi connectivity index (χ2n) is 1.73. The van der Waals surface area contributed by atoms with Crippen LogP contribution in [0.2, 0.25) is 0 Å². The van der Waals surface area contributed by atoms with Crippen molar-refractivity contribution in [3.05, 3.63) is 0 Å². The van der Waals surface area contributed by atoms with Crippen molar-refractivity contribution in [1.82, 2.24) is 4.90 Å². The average molecular weight is 261 g/mol. The van der Waals surface area contributed by atoms with E-state index in [0.29, 0.717) is 17.0 Å². The molecule has 0 aromatic heterocycles. The van der Waals surface area contributed by atoms with E-state index in [9.17, 15) is 0 Å². The molecule has 0 heterocycles. The zero-order valence-corrected chi connectivity index (χ0v) is 8.57. The van der Waals surface area contributed by atoms with Crippen LogP contribution in [0.5, 0.6) is 0 Å². The van der Waals surface area contributed by atoms with E-state index < -0.39 is 0 Å². The highest BCUT2D eigenvalue weighted by Crippen LogP contribution is 2.09. The fourth-order valence-electron chi connectivity index (χ4n) is 0.470. The van der Waals surface area contributed by atoms with Gasteiger partial charge in [-0.1, -0.05) is 22.6 Å². The molecule has 0 aromatic rings. The summed E-state index contributed by atoms with van der Waals surface area (Å²) in [5.74, 6) is 0. The van der Waals surface area contributed by atoms with Gasteiger partial charge in [-0.05, 0) is 0 Å². The van der Waals surface area contributed by atoms with Gasteiger partial charge in [-0.2, -0.15) is 0 Å². The monoisotopic (exact) mass is 261 g/mol. The van der Waals surface area contributed by atoms with Gasteiger partial charge in [-0.15, -0.1) is 9.24 Å². The normalized spacial score (nSPS) is 14.3. The summed E-state index contributed by atoms with van der Waals surface area (Å²) in [7, 11) is 2.69. The maximum absolute atomic E-state index is 5.36. The van der Waals surface area contributed by atoms with Crippen molar-refractivity contribution in [2.45, 2.75) is 3.67 Å². The first kappa shape index (κ1) is 10.0. The van der Waals surface area contributed by atoms with Crippen LogP contribution in [0.3, 0.4) is 0 Å². The fraction of sp³-hybridized carbons (Fsp3) is 1.00. The van der Waals surface area contributed by atoms with Crippen molar-refractivity contribution in [2.75, 3.05) is 19.9 Å². The van der Waals surface area contributed by atoms with Gasteiger partial charge in [0.05, 0.1) is 0 Å². The van der Waals surface area contributed by atoms with E-state index in [1.54, 1.807) is 0 Å². The SMILES string of the molecule is NCN(CN)CC(P)I. The van der Waals surface area contributed by atoms with E-state index in [0.717, 1.165) is 6.54 Å². The molecular weight excluding hydrogens is 248 g/mol. The number of rotatable bonds is 4. The summed E-state index contributed by atoms with van der Waals surface area (Å²) in [5.41, 5.74) is 10.7. The van der Waals surface area contributed by atoms with Gasteiger partial charge in [0, 0.05) is 23.5 Å². The highest BCUT2D eigenvalue weighted by Gasteiger charge is 2.01. The lowest BCUT2D eigenvalue weighted by Gasteiger charge is -2.18. The molecule has 0 spiro atoms. The van der Waals surface area contributed by atoms with Gasteiger partial charge in [-0.25, -0.2) is 0 Å². The molecule has 0 aliphatic rings. The molecule has 0 saturated carbocycles. The van der Waals surface area contributed by atoms with Crippen molar-refractivity contribution in [3.8, 4) is 0 Å². The standard InChI is InChI=1S/C4H13IN3P/c5-4(9)1-8(2-6)3-7/h4H,1-3,6-7,9H2. The third-order valence-electron chi connectivity index (χ3n) is 0.949. The maximum Gasteiger partial charge on any atom is 0.0467 e. The molecule has 0 radical (unpaired) electrons. The van der Waals surface area contributed by atoms with Gasteiger partial charge in [-0.3, -0.25) is 4.90 Å². The number of halogens is 1. The number of hydrogen-bond donors (Lipinski definition) is 2. The van der Waals surface area contributed by atoms with Crippen LogP contribution >= 0.6 is 31.8 Å². The summed E-state index contributed by atoms with van der Waals surface area (Å²) in [6.45, 7) is 2.03. The highest BCUT2D eigenvalue weighted by atomic mass is 127. The van der Waals surface area contributed by atoms with Gasteiger partial charge < -0.3 is 11.5 Å². The summed E-state index contributed by atoms with van der Waals surface area (Å²) >= 11 is 2.31. The summed E-state index contributed by atoms with van der Waals surface area (Å²) in [6, 6.07) is 0. The Morgan fingerprint density at radius 3 is 2.00 bits per heavy atom. The lowest BCUT2D eigenvalue weighted by molar-refractivity contribution is 0.306. The molecule has 0 aliphatic heterocycles. The molecule has 0 amide bonds. The Morgan fingerprint density at radius 2 is 1.89 bits per heavy atom. The Hall–Kier alpha value is 1.04. The predicted molar refractivity (Wildman–Crippen MR) is 52.3 cm³/mol. The molecular formula is C4H13IN3P. The van der Waals surface area contributed by atoms with Crippen LogP contribution in [0.4, 0.5) is 0 Å². The topological polar surface area (TPSA) is 55.3 Å². The molecule has 5 heteroatoms. The van der Waals surface area contributed by atoms with E-state index in [4.69, 9.17) is 11.5 Å². The summed E-state index contributed by atoms with van der Waals surface area (Å²) < 4.78 is 0.537. The molecule has 56 valence electrons. The quantitative estimate of drug-likeness (QED) is 0.318. The molecule has 0 rings (SSSR count). The van der Waals surface area contributed by atoms with E-state index in [1.165, 1.54) is 0 Å². The number of alkyl halides is 1. The predicted octanol–water partition coefficient (Wildman–Crippen LogP) is -0.243. The zero-order chi connectivity index (χ0) is 7.28. The minimum absolute atomic E-state index is 0.537. The van der Waals surface area contributed by atoms with Gasteiger partial charge in [0.15, 0.2) is 0 Å². The first-order valence-corrected chi connectivity index (χ1v) is 4.64. The molecule has 9 heavy (non-hydrogen) atoms. The van der Waals surface area contributed by atoms with Crippen LogP contribution in [-0.4, -0.2) is 28.4 Å². The number of nitrogens with zero attached hydrogens (tertiary/aromatic N) is 1. The van der Waals surface area contributed by atoms with Crippen LogP contribution in [0, 0.1) is 0 Å². The lowest BCUT2D eigenvalue weighted by atomic mass is 10.6. The first-order valence-electron chi connectivity index (χ1n) is 2.72. The highest BCUT2D eigenvalue weighted by molar-refractivity contribution is 14.1. The third-order valence-corrected chi connectivity index (χ3v) is 1.55. The molecule has 0 aromatic carbocycles. The lowest BCUT2D eigenvalue weighted by Crippen LogP contribution is -2.37. The molecule has 0 aliphatic carbocycles. The van der Waals surface area contributed by atoms with Gasteiger partial charge in [0.1, 0.15) is 0 Å². The molecule has 0 saturated heterocycles. The zero-order valence-electron chi connectivity index (χ0n) is 5.26. The van der Waals surface area contributed by atoms with Crippen molar-refractivity contribution >= 4 is 31.8 Å². The summed E-state index contributed by atoms with van der Waals surface area (Å²) in [4.78, 5) is 1.98. The Labute approximate surface area is 71.9 Å². The van der Waals surface area contributed by atoms with Gasteiger partial charge in [0.25, 0.3) is 0 Å². The van der Waals surface area contributed by atoms with E-state index in [-0.39, 0.29) is 0 Å². The number of hydrogen-bond acceptors (Lipinski definition) is 3. The second-order valence-corrected chi connectivity index (χ2v) is 5.50. The molecule has 0 fully saturated rings. The Kier molecular flexibility index (Phi) is 6.47. The van der Waals surface area contributed by atoms with Crippen molar-refractivity contribution < 1.29 is 0 Å². The molecule has 0 bridgehead atoms. The maximum atomic E-state index is 5.36. The van der Waals surface area contributed by atoms with Gasteiger partial charge >= 0.3 is 0 Å². The summed E-state index contributed by atoms with van der Waals surface area (Å²) in [6.07, 6.45) is 0. The van der Waals surface area contributed by atoms with Crippen LogP contribution < -0.4 is 11.5 Å². The van der Waals surface area contributed by atoms with Gasteiger partial charge in [0.2, 0.25) is 0 Å². The van der Waals surface area contributed by atoms with Crippen LogP contribution in [-0.2, 0) is 0 Å². The minimum atomic E-state index is 0.537. The average Bonchev–Trinajstić information content (AvgIpc) is 1.82. The van der Waals surface area contributed by atoms with E-state index in [2.05, 4.69) is 31.8 Å². The number of nitrogens with two attached hydrogens (primary N) is 2. The minimum Gasteiger partial charge on any atom is -0.318 e. The van der Waals surface area contributed by atoms with Crippen LogP contribution in [0.1, 0.15) is 0 Å². The Balaban J connectivity index is 3.31. The second kappa shape index (κ2) is 5.80. The molecule has 3 nitrogen and oxygen atoms in total. The molecule has 2 unspecified atom stereocenters. The third kappa shape index (κ3) is 5.48. The van der Waals surface area contributed by atoms with Crippen LogP contribution in [0.25, 0.3) is 0 Å². The largest absolute Gasteiger partial charge is 0.318 e. The Bertz CT molecular complexity index is 66.8. The van der Waals surface area contributed by atoms with Crippen LogP contribution in [0.15, 0.2) is 0 Å². The Morgan fingerprint density at radius 1 is 1.44 bits per heavy atom. The smallest absolute Gasteiger partial charge is 0.0467 e. The van der Waals surface area contributed by atoms with Crippen molar-refractivity contribution in [3.63, 3.8) is 0 Å². The first-order chi connectivity index (χ1) is 4.20. The van der Waals surface area contributed by atoms with Crippen molar-refractivity contribution in [2.24, 2.45) is 11.5 Å². The fourth-order valence-corrected chi connectivity index (χ4v) is 1.33. The van der Waals surface area contributed by atoms with E-state index >= 15 is 0 Å². The van der Waals surface area contributed by atoms with E-state index in [1.807, 2.05) is 4.90 Å². The van der Waals surface area contributed by atoms with Crippen molar-refractivity contribution in [1.29, 1.82) is 0 Å². The molecule has 2 atom stereocenters. The summed E-state index contributed by atoms with van der Waals surface area (Å²) in [5, 5.41) is 0.